The summed E-state index contributed by atoms with van der Waals surface area (Å²) in [6, 6.07) is 12.7. The molecule has 0 amide bonds. The van der Waals surface area contributed by atoms with E-state index in [-0.39, 0.29) is 5.69 Å². The van der Waals surface area contributed by atoms with E-state index >= 15 is 0 Å². The normalized spacial score (nSPS) is 10.7. The lowest BCUT2D eigenvalue weighted by atomic mass is 10.2. The van der Waals surface area contributed by atoms with Crippen LogP contribution in [0, 0.1) is 4.91 Å². The molecule has 2 aromatic carbocycles. The summed E-state index contributed by atoms with van der Waals surface area (Å²) in [4.78, 5) is 12.2. The van der Waals surface area contributed by atoms with Crippen LogP contribution in [0.4, 0.5) is 11.4 Å². The lowest BCUT2D eigenvalue weighted by Crippen LogP contribution is -1.97. The molecule has 18 heavy (non-hydrogen) atoms. The number of nitrogens with two attached hydrogens (primary N) is 1. The van der Waals surface area contributed by atoms with Crippen LogP contribution in [-0.4, -0.2) is 15.0 Å². The molecule has 0 aliphatic carbocycles. The van der Waals surface area contributed by atoms with Gasteiger partial charge in [-0.15, -0.1) is 15.1 Å². The van der Waals surface area contributed by atoms with E-state index < -0.39 is 0 Å². The molecule has 1 heterocycles. The van der Waals surface area contributed by atoms with Gasteiger partial charge in [0.2, 0.25) is 0 Å². The predicted octanol–water partition coefficient (Wildman–Crippen LogP) is 2.40. The van der Waals surface area contributed by atoms with Gasteiger partial charge in [0.1, 0.15) is 11.0 Å². The molecular weight excluding hydrogens is 230 g/mol. The van der Waals surface area contributed by atoms with Gasteiger partial charge in [-0.3, -0.25) is 0 Å². The third-order valence-electron chi connectivity index (χ3n) is 2.64. The molecule has 0 saturated carbocycles. The van der Waals surface area contributed by atoms with Crippen molar-refractivity contribution >= 4 is 22.4 Å². The van der Waals surface area contributed by atoms with Crippen molar-refractivity contribution in [2.75, 3.05) is 5.73 Å². The van der Waals surface area contributed by atoms with E-state index in [1.54, 1.807) is 12.1 Å². The van der Waals surface area contributed by atoms with E-state index in [0.29, 0.717) is 16.7 Å². The highest BCUT2D eigenvalue weighted by atomic mass is 16.3. The Balaban J connectivity index is 2.26. The van der Waals surface area contributed by atoms with E-state index in [9.17, 15) is 4.91 Å². The molecule has 0 aliphatic heterocycles. The van der Waals surface area contributed by atoms with Gasteiger partial charge in [0, 0.05) is 0 Å². The average Bonchev–Trinajstić information content (AvgIpc) is 2.84. The van der Waals surface area contributed by atoms with E-state index in [1.807, 2.05) is 30.3 Å². The van der Waals surface area contributed by atoms with E-state index in [1.165, 1.54) is 4.80 Å². The summed E-state index contributed by atoms with van der Waals surface area (Å²) in [7, 11) is 0. The molecule has 88 valence electrons. The highest BCUT2D eigenvalue weighted by Gasteiger charge is 2.12. The first-order valence-electron chi connectivity index (χ1n) is 5.34. The van der Waals surface area contributed by atoms with E-state index in [2.05, 4.69) is 15.4 Å². The second kappa shape index (κ2) is 3.92. The number of anilines is 1. The first-order chi connectivity index (χ1) is 8.79. The minimum atomic E-state index is 0.134. The number of rotatable bonds is 2. The van der Waals surface area contributed by atoms with Gasteiger partial charge in [0.15, 0.2) is 5.69 Å². The average molecular weight is 239 g/mol. The second-order valence-corrected chi connectivity index (χ2v) is 3.79. The lowest BCUT2D eigenvalue weighted by Gasteiger charge is -1.96. The monoisotopic (exact) mass is 239 g/mol. The number of fused-ring (bicyclic) bond motifs is 1. The van der Waals surface area contributed by atoms with Gasteiger partial charge in [-0.2, -0.15) is 4.80 Å². The Kier molecular flexibility index (Phi) is 2.26. The molecule has 0 bridgehead atoms. The van der Waals surface area contributed by atoms with Gasteiger partial charge in [0.05, 0.1) is 11.4 Å². The number of aromatic nitrogens is 3. The Morgan fingerprint density at radius 1 is 1.06 bits per heavy atom. The molecule has 1 aromatic heterocycles. The third kappa shape index (κ3) is 1.51. The van der Waals surface area contributed by atoms with Gasteiger partial charge in [-0.25, -0.2) is 0 Å². The molecule has 3 rings (SSSR count). The molecule has 0 spiro atoms. The van der Waals surface area contributed by atoms with Gasteiger partial charge >= 0.3 is 0 Å². The Morgan fingerprint density at radius 3 is 2.56 bits per heavy atom. The number of benzene rings is 2. The second-order valence-electron chi connectivity index (χ2n) is 3.79. The zero-order valence-corrected chi connectivity index (χ0v) is 9.32. The maximum atomic E-state index is 10.8. The standard InChI is InChI=1S/C12H9N5O/c13-9-6-7-10-12(11(9)16-18)15-17(14-10)8-4-2-1-3-5-8/h1-7H,13H2. The summed E-state index contributed by atoms with van der Waals surface area (Å²) in [6.07, 6.45) is 0. The molecule has 0 fully saturated rings. The van der Waals surface area contributed by atoms with Gasteiger partial charge < -0.3 is 5.73 Å². The summed E-state index contributed by atoms with van der Waals surface area (Å²) in [5.41, 5.74) is 7.92. The highest BCUT2D eigenvalue weighted by Crippen LogP contribution is 2.29. The molecule has 3 aromatic rings. The van der Waals surface area contributed by atoms with Crippen molar-refractivity contribution in [1.29, 1.82) is 0 Å². The van der Waals surface area contributed by atoms with Crippen LogP contribution < -0.4 is 5.73 Å². The van der Waals surface area contributed by atoms with Crippen LogP contribution in [0.5, 0.6) is 0 Å². The third-order valence-corrected chi connectivity index (χ3v) is 2.64. The molecular formula is C12H9N5O. The van der Waals surface area contributed by atoms with Crippen molar-refractivity contribution in [1.82, 2.24) is 15.0 Å². The van der Waals surface area contributed by atoms with Crippen molar-refractivity contribution < 1.29 is 0 Å². The molecule has 0 saturated heterocycles. The fourth-order valence-electron chi connectivity index (χ4n) is 1.76. The molecule has 6 nitrogen and oxygen atoms in total. The molecule has 0 atom stereocenters. The zero-order chi connectivity index (χ0) is 12.5. The highest BCUT2D eigenvalue weighted by molar-refractivity contribution is 5.92. The van der Waals surface area contributed by atoms with Crippen LogP contribution in [0.3, 0.4) is 0 Å². The number of nitrogens with zero attached hydrogens (tertiary/aromatic N) is 4. The Morgan fingerprint density at radius 2 is 1.83 bits per heavy atom. The number of nitrogen functional groups attached to an aromatic ring is 1. The molecule has 2 N–H and O–H groups in total. The number of hydrogen-bond acceptors (Lipinski definition) is 5. The summed E-state index contributed by atoms with van der Waals surface area (Å²) < 4.78 is 0. The fraction of sp³-hybridized carbons (Fsp3) is 0. The Hall–Kier alpha value is -2.76. The molecule has 0 unspecified atom stereocenters. The molecule has 0 aliphatic rings. The minimum absolute atomic E-state index is 0.134. The predicted molar refractivity (Wildman–Crippen MR) is 68.7 cm³/mol. The first-order valence-corrected chi connectivity index (χ1v) is 5.34. The van der Waals surface area contributed by atoms with Crippen LogP contribution in [0.25, 0.3) is 16.7 Å². The van der Waals surface area contributed by atoms with E-state index in [0.717, 1.165) is 5.69 Å². The van der Waals surface area contributed by atoms with Crippen molar-refractivity contribution in [2.45, 2.75) is 0 Å². The SMILES string of the molecule is Nc1ccc2nn(-c3ccccc3)nc2c1N=O. The van der Waals surface area contributed by atoms with Crippen LogP contribution in [0.15, 0.2) is 47.6 Å². The Bertz CT molecular complexity index is 720. The number of hydrogen-bond donors (Lipinski definition) is 1. The summed E-state index contributed by atoms with van der Waals surface area (Å²) in [5, 5.41) is 11.4. The number of nitroso groups, excluding NO2 is 1. The lowest BCUT2D eigenvalue weighted by molar-refractivity contribution is 0.766. The van der Waals surface area contributed by atoms with Crippen LogP contribution in [0.2, 0.25) is 0 Å². The van der Waals surface area contributed by atoms with Crippen LogP contribution in [0.1, 0.15) is 0 Å². The van der Waals surface area contributed by atoms with Gasteiger partial charge in [-0.05, 0) is 29.4 Å². The van der Waals surface area contributed by atoms with Crippen molar-refractivity contribution in [2.24, 2.45) is 5.18 Å². The largest absolute Gasteiger partial charge is 0.397 e. The van der Waals surface area contributed by atoms with Crippen LogP contribution in [-0.2, 0) is 0 Å². The fourth-order valence-corrected chi connectivity index (χ4v) is 1.76. The van der Waals surface area contributed by atoms with Crippen molar-refractivity contribution in [3.05, 3.63) is 47.4 Å². The first kappa shape index (κ1) is 10.4. The quantitative estimate of drug-likeness (QED) is 0.549. The van der Waals surface area contributed by atoms with Crippen molar-refractivity contribution in [3.63, 3.8) is 0 Å². The van der Waals surface area contributed by atoms with E-state index in [4.69, 9.17) is 5.73 Å². The summed E-state index contributed by atoms with van der Waals surface area (Å²) in [5.74, 6) is 0. The smallest absolute Gasteiger partial charge is 0.160 e. The maximum absolute atomic E-state index is 10.8. The topological polar surface area (TPSA) is 86.2 Å². The molecule has 0 radical (unpaired) electrons. The minimum Gasteiger partial charge on any atom is -0.397 e. The van der Waals surface area contributed by atoms with Crippen molar-refractivity contribution in [3.8, 4) is 5.69 Å². The summed E-state index contributed by atoms with van der Waals surface area (Å²) >= 11 is 0. The van der Waals surface area contributed by atoms with Crippen LogP contribution >= 0.6 is 0 Å². The molecule has 6 heteroatoms. The zero-order valence-electron chi connectivity index (χ0n) is 9.32. The van der Waals surface area contributed by atoms with Gasteiger partial charge in [0.25, 0.3) is 0 Å². The number of para-hydroxylation sites is 1. The summed E-state index contributed by atoms with van der Waals surface area (Å²) in [6.45, 7) is 0. The Labute approximate surface area is 102 Å². The van der Waals surface area contributed by atoms with Gasteiger partial charge in [-0.1, -0.05) is 18.2 Å². The maximum Gasteiger partial charge on any atom is 0.160 e.